The molecular weight excluding hydrogens is 606 g/mol. The SMILES string of the molecule is COC/C=C\C(=O)N1CCN(c2cc(-c3noc([C@@]4(C)CCCc5sc(N)c(C#N)c54)n3)nc(O[C@@H](C)[C@@H]3CCCN3C)n2)CC1. The van der Waals surface area contributed by atoms with Gasteiger partial charge >= 0.3 is 6.01 Å². The maximum atomic E-state index is 12.6. The van der Waals surface area contributed by atoms with Gasteiger partial charge in [-0.2, -0.15) is 20.2 Å². The number of piperazine rings is 1. The standard InChI is InChI=1S/C32H41N9O4S/c1-20(23-8-6-12-39(23)3)44-31-35-22(18-25(36-31)40-13-15-41(16-14-40)26(42)10-7-17-43-4)29-37-30(45-38-29)32(2)11-5-9-24-27(32)21(19-33)28(34)46-24/h7,10,18,20,23H,5-6,8-9,11-17,34H2,1-4H3/b10-7-/t20-,23-,32-/m0/s1. The lowest BCUT2D eigenvalue weighted by molar-refractivity contribution is -0.126. The molecule has 0 bridgehead atoms. The highest BCUT2D eigenvalue weighted by Gasteiger charge is 2.43. The predicted octanol–water partition coefficient (Wildman–Crippen LogP) is 3.40. The van der Waals surface area contributed by atoms with Crippen LogP contribution in [0.25, 0.3) is 11.5 Å². The number of nitrogens with zero attached hydrogens (tertiary/aromatic N) is 8. The van der Waals surface area contributed by atoms with Crippen molar-refractivity contribution in [1.29, 1.82) is 5.26 Å². The molecule has 0 saturated carbocycles. The number of likely N-dealkylation sites (tertiary alicyclic amines) is 1. The molecule has 2 saturated heterocycles. The number of aryl methyl sites for hydroxylation is 1. The van der Waals surface area contributed by atoms with Gasteiger partial charge in [-0.15, -0.1) is 11.3 Å². The summed E-state index contributed by atoms with van der Waals surface area (Å²) in [5.41, 5.74) is 7.47. The lowest BCUT2D eigenvalue weighted by atomic mass is 9.72. The van der Waals surface area contributed by atoms with Crippen molar-refractivity contribution in [3.05, 3.63) is 40.1 Å². The van der Waals surface area contributed by atoms with Crippen LogP contribution >= 0.6 is 11.3 Å². The molecule has 0 unspecified atom stereocenters. The molecule has 2 N–H and O–H groups in total. The zero-order chi connectivity index (χ0) is 32.4. The Kier molecular flexibility index (Phi) is 9.26. The third-order valence-corrected chi connectivity index (χ3v) is 10.5. The van der Waals surface area contributed by atoms with Crippen LogP contribution in [0.2, 0.25) is 0 Å². The minimum Gasteiger partial charge on any atom is -0.459 e. The Balaban J connectivity index is 1.30. The van der Waals surface area contributed by atoms with Gasteiger partial charge in [0.25, 0.3) is 0 Å². The highest BCUT2D eigenvalue weighted by Crippen LogP contribution is 2.48. The van der Waals surface area contributed by atoms with Gasteiger partial charge in [0.2, 0.25) is 17.6 Å². The Morgan fingerprint density at radius 2 is 2.07 bits per heavy atom. The van der Waals surface area contributed by atoms with Gasteiger partial charge < -0.3 is 29.5 Å². The van der Waals surface area contributed by atoms with Gasteiger partial charge in [-0.1, -0.05) is 11.2 Å². The molecule has 2 fully saturated rings. The first-order valence-electron chi connectivity index (χ1n) is 15.8. The molecule has 14 heteroatoms. The van der Waals surface area contributed by atoms with Crippen molar-refractivity contribution in [2.75, 3.05) is 64.1 Å². The second-order valence-electron chi connectivity index (χ2n) is 12.4. The third kappa shape index (κ3) is 6.19. The molecule has 3 atom stereocenters. The van der Waals surface area contributed by atoms with E-state index >= 15 is 0 Å². The van der Waals surface area contributed by atoms with Crippen LogP contribution in [0.5, 0.6) is 6.01 Å². The molecule has 0 aromatic carbocycles. The number of carbonyl (C=O) groups excluding carboxylic acids is 1. The highest BCUT2D eigenvalue weighted by atomic mass is 32.1. The zero-order valence-corrected chi connectivity index (χ0v) is 27.7. The second kappa shape index (κ2) is 13.4. The first-order chi connectivity index (χ1) is 22.2. The Bertz CT molecular complexity index is 1640. The molecule has 3 aromatic heterocycles. The zero-order valence-electron chi connectivity index (χ0n) is 26.9. The Labute approximate surface area is 273 Å². The molecule has 0 radical (unpaired) electrons. The number of hydrogen-bond donors (Lipinski definition) is 1. The molecule has 6 rings (SSSR count). The normalized spacial score (nSPS) is 22.6. The topological polar surface area (TPSA) is 160 Å². The number of aromatic nitrogens is 4. The maximum Gasteiger partial charge on any atom is 0.319 e. The van der Waals surface area contributed by atoms with E-state index in [1.807, 2.05) is 17.9 Å². The van der Waals surface area contributed by atoms with Crippen molar-refractivity contribution in [2.45, 2.75) is 63.5 Å². The Hall–Kier alpha value is -4.06. The molecule has 5 heterocycles. The van der Waals surface area contributed by atoms with Crippen LogP contribution in [-0.2, 0) is 21.4 Å². The fourth-order valence-electron chi connectivity index (χ4n) is 6.88. The summed E-state index contributed by atoms with van der Waals surface area (Å²) in [5, 5.41) is 14.8. The van der Waals surface area contributed by atoms with E-state index in [1.165, 1.54) is 11.3 Å². The van der Waals surface area contributed by atoms with Crippen molar-refractivity contribution in [3.8, 4) is 23.6 Å². The number of carbonyl (C=O) groups is 1. The molecule has 244 valence electrons. The number of nitrogen functional groups attached to an aromatic ring is 1. The van der Waals surface area contributed by atoms with Gasteiger partial charge in [-0.05, 0) is 59.5 Å². The summed E-state index contributed by atoms with van der Waals surface area (Å²) in [6, 6.07) is 4.66. The predicted molar refractivity (Wildman–Crippen MR) is 174 cm³/mol. The molecule has 1 aliphatic carbocycles. The van der Waals surface area contributed by atoms with Gasteiger partial charge in [-0.25, -0.2) is 0 Å². The van der Waals surface area contributed by atoms with Crippen molar-refractivity contribution in [3.63, 3.8) is 0 Å². The van der Waals surface area contributed by atoms with E-state index in [9.17, 15) is 10.1 Å². The fraction of sp³-hybridized carbons (Fsp3) is 0.562. The number of ether oxygens (including phenoxy) is 2. The van der Waals surface area contributed by atoms with Crippen molar-refractivity contribution in [1.82, 2.24) is 29.9 Å². The van der Waals surface area contributed by atoms with Crippen LogP contribution in [-0.4, -0.2) is 101 Å². The van der Waals surface area contributed by atoms with E-state index in [0.717, 1.165) is 49.1 Å². The molecule has 46 heavy (non-hydrogen) atoms. The lowest BCUT2D eigenvalue weighted by Crippen LogP contribution is -2.48. The van der Waals surface area contributed by atoms with E-state index in [4.69, 9.17) is 34.7 Å². The number of likely N-dealkylation sites (N-methyl/N-ethyl adjacent to an activating group) is 1. The average molecular weight is 648 g/mol. The number of thiophene rings is 1. The smallest absolute Gasteiger partial charge is 0.319 e. The fourth-order valence-corrected chi connectivity index (χ4v) is 8.07. The minimum absolute atomic E-state index is 0.0377. The van der Waals surface area contributed by atoms with Crippen LogP contribution in [0, 0.1) is 11.3 Å². The summed E-state index contributed by atoms with van der Waals surface area (Å²) in [5.74, 6) is 1.38. The molecule has 2 aliphatic heterocycles. The lowest BCUT2D eigenvalue weighted by Gasteiger charge is -2.35. The van der Waals surface area contributed by atoms with Crippen LogP contribution < -0.4 is 15.4 Å². The molecule has 3 aromatic rings. The summed E-state index contributed by atoms with van der Waals surface area (Å²) < 4.78 is 17.3. The van der Waals surface area contributed by atoms with Crippen molar-refractivity contribution >= 4 is 28.1 Å². The van der Waals surface area contributed by atoms with Crippen LogP contribution in [0.4, 0.5) is 10.8 Å². The van der Waals surface area contributed by atoms with Gasteiger partial charge in [0.05, 0.1) is 17.6 Å². The largest absolute Gasteiger partial charge is 0.459 e. The minimum atomic E-state index is -0.644. The maximum absolute atomic E-state index is 12.6. The molecule has 0 spiro atoms. The number of anilines is 2. The van der Waals surface area contributed by atoms with Crippen molar-refractivity contribution in [2.24, 2.45) is 0 Å². The van der Waals surface area contributed by atoms with Gasteiger partial charge in [0.1, 0.15) is 28.7 Å². The molecule has 3 aliphatic rings. The highest BCUT2D eigenvalue weighted by molar-refractivity contribution is 7.16. The van der Waals surface area contributed by atoms with Crippen LogP contribution in [0.15, 0.2) is 22.7 Å². The molecular formula is C32H41N9O4S. The summed E-state index contributed by atoms with van der Waals surface area (Å²) in [7, 11) is 3.71. The average Bonchev–Trinajstić information content (AvgIpc) is 3.80. The first kappa shape index (κ1) is 31.9. The number of methoxy groups -OCH3 is 1. The molecule has 13 nitrogen and oxygen atoms in total. The van der Waals surface area contributed by atoms with E-state index in [-0.39, 0.29) is 24.1 Å². The summed E-state index contributed by atoms with van der Waals surface area (Å²) in [4.78, 5) is 34.4. The Morgan fingerprint density at radius 1 is 1.26 bits per heavy atom. The number of hydrogen-bond acceptors (Lipinski definition) is 13. The van der Waals surface area contributed by atoms with E-state index in [2.05, 4.69) is 35.0 Å². The second-order valence-corrected chi connectivity index (χ2v) is 13.6. The summed E-state index contributed by atoms with van der Waals surface area (Å²) >= 11 is 1.47. The van der Waals surface area contributed by atoms with E-state index in [1.54, 1.807) is 19.3 Å². The number of nitriles is 1. The van der Waals surface area contributed by atoms with E-state index in [0.29, 0.717) is 66.6 Å². The number of fused-ring (bicyclic) bond motifs is 1. The van der Waals surface area contributed by atoms with Crippen LogP contribution in [0.3, 0.4) is 0 Å². The van der Waals surface area contributed by atoms with Gasteiger partial charge in [-0.3, -0.25) is 9.69 Å². The quantitative estimate of drug-likeness (QED) is 0.338. The first-order valence-corrected chi connectivity index (χ1v) is 16.6. The number of rotatable bonds is 9. The number of nitrogens with two attached hydrogens (primary N) is 1. The third-order valence-electron chi connectivity index (χ3n) is 9.42. The van der Waals surface area contributed by atoms with E-state index < -0.39 is 5.41 Å². The number of amides is 1. The molecule has 1 amide bonds. The van der Waals surface area contributed by atoms with Crippen LogP contribution in [0.1, 0.15) is 61.4 Å². The van der Waals surface area contributed by atoms with Crippen molar-refractivity contribution < 1.29 is 18.8 Å². The Morgan fingerprint density at radius 3 is 2.78 bits per heavy atom. The summed E-state index contributed by atoms with van der Waals surface area (Å²) in [6.45, 7) is 7.80. The van der Waals surface area contributed by atoms with Gasteiger partial charge in [0.15, 0.2) is 0 Å². The monoisotopic (exact) mass is 647 g/mol. The summed E-state index contributed by atoms with van der Waals surface area (Å²) in [6.07, 6.45) is 7.87. The van der Waals surface area contributed by atoms with Gasteiger partial charge in [0, 0.05) is 61.9 Å².